The Morgan fingerprint density at radius 1 is 1.00 bits per heavy atom. The highest BCUT2D eigenvalue weighted by molar-refractivity contribution is 5.63. The van der Waals surface area contributed by atoms with Gasteiger partial charge in [0.05, 0.1) is 31.4 Å². The topological polar surface area (TPSA) is 72.0 Å². The van der Waals surface area contributed by atoms with E-state index in [1.807, 2.05) is 18.2 Å². The number of rotatable bonds is 8. The van der Waals surface area contributed by atoms with Crippen LogP contribution >= 0.6 is 0 Å². The Morgan fingerprint density at radius 2 is 1.75 bits per heavy atom. The molecule has 0 spiro atoms. The van der Waals surface area contributed by atoms with Crippen LogP contribution in [-0.4, -0.2) is 62.6 Å². The zero-order chi connectivity index (χ0) is 19.3. The summed E-state index contributed by atoms with van der Waals surface area (Å²) >= 11 is 0. The summed E-state index contributed by atoms with van der Waals surface area (Å²) in [5.41, 5.74) is 3.56. The van der Waals surface area contributed by atoms with E-state index in [-0.39, 0.29) is 18.2 Å². The van der Waals surface area contributed by atoms with Crippen LogP contribution in [0, 0.1) is 0 Å². The van der Waals surface area contributed by atoms with Gasteiger partial charge in [-0.05, 0) is 16.7 Å². The third-order valence-electron chi connectivity index (χ3n) is 5.45. The molecular weight excluding hydrogens is 356 g/mol. The zero-order valence-corrected chi connectivity index (χ0v) is 16.1. The lowest BCUT2D eigenvalue weighted by Crippen LogP contribution is -2.63. The van der Waals surface area contributed by atoms with Gasteiger partial charge in [-0.3, -0.25) is 0 Å². The third kappa shape index (κ3) is 4.27. The van der Waals surface area contributed by atoms with Gasteiger partial charge in [-0.25, -0.2) is 0 Å². The Kier molecular flexibility index (Phi) is 6.36. The minimum atomic E-state index is -0.591. The lowest BCUT2D eigenvalue weighted by Gasteiger charge is -2.39. The molecule has 2 saturated heterocycles. The molecule has 2 bridgehead atoms. The van der Waals surface area contributed by atoms with Gasteiger partial charge in [0.1, 0.15) is 6.10 Å². The predicted molar refractivity (Wildman–Crippen MR) is 107 cm³/mol. The molecule has 0 saturated carbocycles. The monoisotopic (exact) mass is 384 g/mol. The Morgan fingerprint density at radius 3 is 2.50 bits per heavy atom. The molecule has 2 aromatic carbocycles. The summed E-state index contributed by atoms with van der Waals surface area (Å²) in [5, 5.41) is 17.6. The van der Waals surface area contributed by atoms with Gasteiger partial charge in [-0.2, -0.15) is 0 Å². The Hall–Kier alpha value is -1.80. The normalized spacial score (nSPS) is 29.1. The summed E-state index contributed by atoms with van der Waals surface area (Å²) in [5.74, 6) is 0. The number of aliphatic hydroxyl groups excluding tert-OH is 1. The fourth-order valence-corrected chi connectivity index (χ4v) is 3.90. The first kappa shape index (κ1) is 19.5. The van der Waals surface area contributed by atoms with Crippen LogP contribution in [0.15, 0.2) is 54.6 Å². The van der Waals surface area contributed by atoms with Crippen LogP contribution in [-0.2, 0) is 20.8 Å². The summed E-state index contributed by atoms with van der Waals surface area (Å²) in [4.78, 5) is 0. The van der Waals surface area contributed by atoms with Crippen molar-refractivity contribution in [3.05, 3.63) is 60.2 Å². The van der Waals surface area contributed by atoms with E-state index in [2.05, 4.69) is 47.0 Å². The van der Waals surface area contributed by atoms with Crippen molar-refractivity contribution in [3.8, 4) is 11.1 Å². The van der Waals surface area contributed by atoms with Gasteiger partial charge < -0.3 is 30.0 Å². The maximum absolute atomic E-state index is 10.9. The van der Waals surface area contributed by atoms with Crippen molar-refractivity contribution in [2.24, 2.45) is 0 Å². The Bertz CT molecular complexity index is 740. The predicted octanol–water partition coefficient (Wildman–Crippen LogP) is 1.53. The fraction of sp³-hybridized carbons (Fsp3) is 0.455. The molecule has 0 radical (unpaired) electrons. The molecule has 0 aliphatic carbocycles. The molecule has 2 aliphatic rings. The highest BCUT2D eigenvalue weighted by Crippen LogP contribution is 2.28. The number of aliphatic hydroxyl groups is 1. The van der Waals surface area contributed by atoms with Crippen LogP contribution in [0.5, 0.6) is 0 Å². The molecule has 2 aromatic rings. The first-order chi connectivity index (χ1) is 13.8. The number of methoxy groups -OCH3 is 1. The SMILES string of the molecule is COCCN[C@H]1[C@@H]2OC[C@@H](O2)[C@@H](NCc2ccc(-c3ccccc3)cc2)[C@@H]1O. The van der Waals surface area contributed by atoms with E-state index in [0.717, 1.165) is 5.56 Å². The Labute approximate surface area is 165 Å². The smallest absolute Gasteiger partial charge is 0.176 e. The molecule has 2 fully saturated rings. The summed E-state index contributed by atoms with van der Waals surface area (Å²) < 4.78 is 16.7. The van der Waals surface area contributed by atoms with Crippen molar-refractivity contribution in [1.82, 2.24) is 10.6 Å². The molecular formula is C22H28N2O4. The molecule has 6 heteroatoms. The molecule has 0 unspecified atom stereocenters. The first-order valence-electron chi connectivity index (χ1n) is 9.81. The van der Waals surface area contributed by atoms with Gasteiger partial charge in [0.15, 0.2) is 6.29 Å². The maximum Gasteiger partial charge on any atom is 0.176 e. The minimum absolute atomic E-state index is 0.135. The van der Waals surface area contributed by atoms with Gasteiger partial charge in [0.2, 0.25) is 0 Å². The largest absolute Gasteiger partial charge is 0.390 e. The van der Waals surface area contributed by atoms with Crippen molar-refractivity contribution in [3.63, 3.8) is 0 Å². The van der Waals surface area contributed by atoms with E-state index in [0.29, 0.717) is 26.3 Å². The number of ether oxygens (including phenoxy) is 3. The van der Waals surface area contributed by atoms with Crippen LogP contribution < -0.4 is 10.6 Å². The highest BCUT2D eigenvalue weighted by atomic mass is 16.7. The molecule has 2 aliphatic heterocycles. The second-order valence-corrected chi connectivity index (χ2v) is 7.31. The molecule has 150 valence electrons. The quantitative estimate of drug-likeness (QED) is 0.600. The number of benzene rings is 2. The molecule has 2 heterocycles. The summed E-state index contributed by atoms with van der Waals surface area (Å²) in [7, 11) is 1.66. The van der Waals surface area contributed by atoms with E-state index in [1.165, 1.54) is 11.1 Å². The minimum Gasteiger partial charge on any atom is -0.390 e. The van der Waals surface area contributed by atoms with E-state index >= 15 is 0 Å². The van der Waals surface area contributed by atoms with Gasteiger partial charge in [-0.15, -0.1) is 0 Å². The van der Waals surface area contributed by atoms with Crippen molar-refractivity contribution in [1.29, 1.82) is 0 Å². The van der Waals surface area contributed by atoms with Crippen molar-refractivity contribution < 1.29 is 19.3 Å². The molecule has 4 rings (SSSR count). The van der Waals surface area contributed by atoms with Crippen LogP contribution in [0.4, 0.5) is 0 Å². The lowest BCUT2D eigenvalue weighted by molar-refractivity contribution is -0.153. The second-order valence-electron chi connectivity index (χ2n) is 7.31. The number of hydrogen-bond donors (Lipinski definition) is 3. The molecule has 5 atom stereocenters. The second kappa shape index (κ2) is 9.13. The van der Waals surface area contributed by atoms with Gasteiger partial charge in [0, 0.05) is 20.2 Å². The third-order valence-corrected chi connectivity index (χ3v) is 5.45. The number of fused-ring (bicyclic) bond motifs is 2. The summed E-state index contributed by atoms with van der Waals surface area (Å²) in [6, 6.07) is 18.4. The maximum atomic E-state index is 10.9. The fourth-order valence-electron chi connectivity index (χ4n) is 3.90. The molecule has 3 N–H and O–H groups in total. The molecule has 6 nitrogen and oxygen atoms in total. The van der Waals surface area contributed by atoms with Crippen molar-refractivity contribution in [2.75, 3.05) is 26.9 Å². The van der Waals surface area contributed by atoms with Gasteiger partial charge >= 0.3 is 0 Å². The first-order valence-corrected chi connectivity index (χ1v) is 9.81. The van der Waals surface area contributed by atoms with Gasteiger partial charge in [-0.1, -0.05) is 54.6 Å². The van der Waals surface area contributed by atoms with E-state index in [1.54, 1.807) is 7.11 Å². The van der Waals surface area contributed by atoms with Crippen LogP contribution in [0.2, 0.25) is 0 Å². The van der Waals surface area contributed by atoms with E-state index in [9.17, 15) is 5.11 Å². The summed E-state index contributed by atoms with van der Waals surface area (Å²) in [6.07, 6.45) is -1.13. The number of hydrogen-bond acceptors (Lipinski definition) is 6. The van der Waals surface area contributed by atoms with Crippen molar-refractivity contribution in [2.45, 2.75) is 37.1 Å². The standard InChI is InChI=1S/C22H28N2O4/c1-26-12-11-23-20-21(25)19(18-14-27-22(20)28-18)24-13-15-7-9-17(10-8-15)16-5-3-2-4-6-16/h2-10,18-25H,11-14H2,1H3/t18-,19-,20-,21+,22-/m1/s1. The van der Waals surface area contributed by atoms with E-state index < -0.39 is 12.4 Å². The molecule has 28 heavy (non-hydrogen) atoms. The average molecular weight is 384 g/mol. The van der Waals surface area contributed by atoms with Crippen LogP contribution in [0.25, 0.3) is 11.1 Å². The molecule has 0 aromatic heterocycles. The zero-order valence-electron chi connectivity index (χ0n) is 16.1. The number of nitrogens with one attached hydrogen (secondary N) is 2. The molecule has 0 amide bonds. The summed E-state index contributed by atoms with van der Waals surface area (Å²) in [6.45, 7) is 2.37. The van der Waals surface area contributed by atoms with Gasteiger partial charge in [0.25, 0.3) is 0 Å². The lowest BCUT2D eigenvalue weighted by atomic mass is 9.95. The average Bonchev–Trinajstić information content (AvgIpc) is 3.17. The highest BCUT2D eigenvalue weighted by Gasteiger charge is 2.49. The van der Waals surface area contributed by atoms with Crippen LogP contribution in [0.1, 0.15) is 5.56 Å². The van der Waals surface area contributed by atoms with E-state index in [4.69, 9.17) is 14.2 Å². The van der Waals surface area contributed by atoms with Crippen LogP contribution in [0.3, 0.4) is 0 Å². The Balaban J connectivity index is 1.37. The van der Waals surface area contributed by atoms with Crippen molar-refractivity contribution >= 4 is 0 Å².